The number of fused-ring (bicyclic) bond motifs is 2. The van der Waals surface area contributed by atoms with Crippen LogP contribution in [0, 0.1) is 11.6 Å². The Labute approximate surface area is 208 Å². The highest BCUT2D eigenvalue weighted by molar-refractivity contribution is 6.09. The molecular formula is C26H19F2N7O2. The highest BCUT2D eigenvalue weighted by Crippen LogP contribution is 2.45. The first-order chi connectivity index (χ1) is 17.7. The van der Waals surface area contributed by atoms with E-state index >= 15 is 0 Å². The minimum Gasteiger partial charge on any atom is -0.505 e. The third-order valence-corrected chi connectivity index (χ3v) is 6.60. The number of nitrogen functional groups attached to an aromatic ring is 1. The van der Waals surface area contributed by atoms with Gasteiger partial charge in [0.2, 0.25) is 5.91 Å². The van der Waals surface area contributed by atoms with Gasteiger partial charge in [0.1, 0.15) is 28.6 Å². The number of phenolic OH excluding ortho intramolecular Hbond substituents is 1. The molecule has 1 aliphatic heterocycles. The number of carbonyl (C=O) groups is 1. The molecule has 0 fully saturated rings. The number of hydrogen-bond donors (Lipinski definition) is 3. The van der Waals surface area contributed by atoms with E-state index in [-0.39, 0.29) is 23.3 Å². The molecule has 6 rings (SSSR count). The van der Waals surface area contributed by atoms with Crippen molar-refractivity contribution < 1.29 is 18.7 Å². The number of rotatable bonds is 4. The SMILES string of the molecule is C[C@@]1(c2ccc(F)c(O)c2)C(=O)Nc2nc(-c3cn4ccnc4c(Cc4ccc(F)cc4)n3)nc(N)c21. The number of nitrogens with two attached hydrogens (primary N) is 1. The van der Waals surface area contributed by atoms with Crippen molar-refractivity contribution in [3.05, 3.63) is 95.1 Å². The maximum atomic E-state index is 13.7. The summed E-state index contributed by atoms with van der Waals surface area (Å²) in [4.78, 5) is 31.2. The summed E-state index contributed by atoms with van der Waals surface area (Å²) in [5, 5.41) is 12.6. The van der Waals surface area contributed by atoms with E-state index in [1.807, 2.05) is 0 Å². The summed E-state index contributed by atoms with van der Waals surface area (Å²) in [5.74, 6) is -1.74. The van der Waals surface area contributed by atoms with Gasteiger partial charge in [0.25, 0.3) is 0 Å². The van der Waals surface area contributed by atoms with Crippen LogP contribution in [-0.2, 0) is 16.6 Å². The Balaban J connectivity index is 1.45. The van der Waals surface area contributed by atoms with Crippen molar-refractivity contribution in [2.75, 3.05) is 11.1 Å². The predicted molar refractivity (Wildman–Crippen MR) is 131 cm³/mol. The lowest BCUT2D eigenvalue weighted by atomic mass is 9.77. The fourth-order valence-corrected chi connectivity index (χ4v) is 4.64. The third-order valence-electron chi connectivity index (χ3n) is 6.60. The summed E-state index contributed by atoms with van der Waals surface area (Å²) in [6, 6.07) is 9.80. The second kappa shape index (κ2) is 8.05. The van der Waals surface area contributed by atoms with Crippen molar-refractivity contribution in [3.63, 3.8) is 0 Å². The summed E-state index contributed by atoms with van der Waals surface area (Å²) in [7, 11) is 0. The Kier molecular flexibility index (Phi) is 4.90. The Morgan fingerprint density at radius 3 is 2.65 bits per heavy atom. The quantitative estimate of drug-likeness (QED) is 0.344. The van der Waals surface area contributed by atoms with E-state index in [1.54, 1.807) is 42.0 Å². The highest BCUT2D eigenvalue weighted by Gasteiger charge is 2.48. The van der Waals surface area contributed by atoms with Crippen molar-refractivity contribution in [2.45, 2.75) is 18.8 Å². The van der Waals surface area contributed by atoms with Crippen molar-refractivity contribution in [1.82, 2.24) is 24.3 Å². The van der Waals surface area contributed by atoms with Gasteiger partial charge in [-0.05, 0) is 42.3 Å². The molecule has 5 aromatic rings. The molecule has 1 aliphatic rings. The van der Waals surface area contributed by atoms with E-state index in [2.05, 4.69) is 20.3 Å². The summed E-state index contributed by atoms with van der Waals surface area (Å²) in [6.07, 6.45) is 5.48. The smallest absolute Gasteiger partial charge is 0.240 e. The molecule has 2 aromatic carbocycles. The van der Waals surface area contributed by atoms with Gasteiger partial charge in [0, 0.05) is 25.0 Å². The lowest BCUT2D eigenvalue weighted by Crippen LogP contribution is -2.33. The Morgan fingerprint density at radius 2 is 1.89 bits per heavy atom. The molecule has 0 saturated heterocycles. The second-order valence-electron chi connectivity index (χ2n) is 8.94. The number of benzene rings is 2. The molecule has 4 N–H and O–H groups in total. The van der Waals surface area contributed by atoms with Crippen LogP contribution in [-0.4, -0.2) is 35.4 Å². The molecule has 0 spiro atoms. The van der Waals surface area contributed by atoms with Gasteiger partial charge < -0.3 is 20.6 Å². The van der Waals surface area contributed by atoms with Gasteiger partial charge in [0.05, 0.1) is 11.3 Å². The number of aromatic nitrogens is 5. The lowest BCUT2D eigenvalue weighted by Gasteiger charge is -2.23. The maximum Gasteiger partial charge on any atom is 0.240 e. The van der Waals surface area contributed by atoms with Crippen molar-refractivity contribution in [1.29, 1.82) is 0 Å². The number of amides is 1. The normalized spacial score (nSPS) is 16.7. The number of nitrogens with one attached hydrogen (secondary N) is 1. The number of imidazole rings is 1. The number of anilines is 2. The Hall–Kier alpha value is -4.93. The highest BCUT2D eigenvalue weighted by atomic mass is 19.1. The molecule has 0 radical (unpaired) electrons. The van der Waals surface area contributed by atoms with Crippen LogP contribution in [0.2, 0.25) is 0 Å². The summed E-state index contributed by atoms with van der Waals surface area (Å²) < 4.78 is 28.8. The Bertz CT molecular complexity index is 1720. The first-order valence-corrected chi connectivity index (χ1v) is 11.3. The number of aromatic hydroxyl groups is 1. The molecule has 1 atom stereocenters. The van der Waals surface area contributed by atoms with Crippen LogP contribution in [0.4, 0.5) is 20.4 Å². The van der Waals surface area contributed by atoms with E-state index in [0.29, 0.717) is 34.6 Å². The standard InChI is InChI=1S/C26H19F2N7O2/c1-26(14-4-7-16(28)19(36)11-14)20-21(29)32-22(33-23(20)34-25(26)37)18-12-35-9-8-30-24(35)17(31-18)10-13-2-5-15(27)6-3-13/h2-9,11-12,36H,10H2,1H3,(H3,29,32,33,34,37)/t26-/m0/s1. The summed E-state index contributed by atoms with van der Waals surface area (Å²) in [6.45, 7) is 1.61. The van der Waals surface area contributed by atoms with E-state index in [1.165, 1.54) is 24.3 Å². The molecule has 1 amide bonds. The van der Waals surface area contributed by atoms with Gasteiger partial charge >= 0.3 is 0 Å². The molecule has 37 heavy (non-hydrogen) atoms. The van der Waals surface area contributed by atoms with Gasteiger partial charge in [-0.3, -0.25) is 4.79 Å². The third kappa shape index (κ3) is 3.54. The number of nitrogens with zero attached hydrogens (tertiary/aromatic N) is 5. The van der Waals surface area contributed by atoms with Gasteiger partial charge in [0.15, 0.2) is 23.0 Å². The number of halogens is 2. The second-order valence-corrected chi connectivity index (χ2v) is 8.94. The van der Waals surface area contributed by atoms with Crippen LogP contribution >= 0.6 is 0 Å². The minimum absolute atomic E-state index is 0.0391. The van der Waals surface area contributed by atoms with Gasteiger partial charge in [-0.1, -0.05) is 18.2 Å². The molecule has 3 aromatic heterocycles. The van der Waals surface area contributed by atoms with Crippen LogP contribution in [0.25, 0.3) is 17.2 Å². The average molecular weight is 499 g/mol. The largest absolute Gasteiger partial charge is 0.505 e. The predicted octanol–water partition coefficient (Wildman–Crippen LogP) is 3.60. The minimum atomic E-state index is -1.35. The molecule has 0 unspecified atom stereocenters. The summed E-state index contributed by atoms with van der Waals surface area (Å²) in [5.41, 5.74) is 8.14. The number of carbonyl (C=O) groups excluding carboxylic acids is 1. The van der Waals surface area contributed by atoms with Crippen LogP contribution in [0.1, 0.15) is 29.3 Å². The van der Waals surface area contributed by atoms with Crippen molar-refractivity contribution >= 4 is 23.2 Å². The maximum absolute atomic E-state index is 13.7. The Morgan fingerprint density at radius 1 is 1.11 bits per heavy atom. The van der Waals surface area contributed by atoms with E-state index in [9.17, 15) is 18.7 Å². The fraction of sp³-hybridized carbons (Fsp3) is 0.115. The zero-order chi connectivity index (χ0) is 25.9. The van der Waals surface area contributed by atoms with E-state index in [0.717, 1.165) is 11.6 Å². The molecule has 0 bridgehead atoms. The van der Waals surface area contributed by atoms with Gasteiger partial charge in [-0.25, -0.2) is 28.7 Å². The zero-order valence-electron chi connectivity index (χ0n) is 19.4. The first-order valence-electron chi connectivity index (χ1n) is 11.3. The van der Waals surface area contributed by atoms with Crippen molar-refractivity contribution in [2.24, 2.45) is 0 Å². The lowest BCUT2D eigenvalue weighted by molar-refractivity contribution is -0.119. The number of phenols is 1. The van der Waals surface area contributed by atoms with Crippen LogP contribution in [0.15, 0.2) is 61.1 Å². The van der Waals surface area contributed by atoms with Crippen LogP contribution in [0.5, 0.6) is 5.75 Å². The molecule has 0 saturated carbocycles. The molecule has 11 heteroatoms. The molecule has 4 heterocycles. The van der Waals surface area contributed by atoms with Gasteiger partial charge in [-0.2, -0.15) is 0 Å². The molecular weight excluding hydrogens is 480 g/mol. The molecule has 9 nitrogen and oxygen atoms in total. The average Bonchev–Trinajstić information content (AvgIpc) is 3.45. The van der Waals surface area contributed by atoms with Gasteiger partial charge in [-0.15, -0.1) is 0 Å². The van der Waals surface area contributed by atoms with E-state index < -0.39 is 22.9 Å². The zero-order valence-corrected chi connectivity index (χ0v) is 19.4. The van der Waals surface area contributed by atoms with Crippen LogP contribution < -0.4 is 11.1 Å². The molecule has 184 valence electrons. The summed E-state index contributed by atoms with van der Waals surface area (Å²) >= 11 is 0. The monoisotopic (exact) mass is 499 g/mol. The van der Waals surface area contributed by atoms with E-state index in [4.69, 9.17) is 10.7 Å². The number of hydrogen-bond acceptors (Lipinski definition) is 7. The molecule has 0 aliphatic carbocycles. The van der Waals surface area contributed by atoms with Crippen molar-refractivity contribution in [3.8, 4) is 17.3 Å². The topological polar surface area (TPSA) is 131 Å². The van der Waals surface area contributed by atoms with Crippen LogP contribution in [0.3, 0.4) is 0 Å². The fourth-order valence-electron chi connectivity index (χ4n) is 4.64. The first kappa shape index (κ1) is 22.5.